The second-order valence-corrected chi connectivity index (χ2v) is 5.39. The van der Waals surface area contributed by atoms with Gasteiger partial charge in [0.15, 0.2) is 5.75 Å². The summed E-state index contributed by atoms with van der Waals surface area (Å²) in [6, 6.07) is 3.48. The second kappa shape index (κ2) is 7.37. The van der Waals surface area contributed by atoms with Crippen molar-refractivity contribution in [3.05, 3.63) is 63.2 Å². The Hall–Kier alpha value is -3.31. The molecular formula is C16H10F6N2O4. The number of nitro benzene ring substituents is 1. The van der Waals surface area contributed by atoms with Crippen LogP contribution in [0.3, 0.4) is 0 Å². The number of carbonyl (C=O) groups is 1. The molecule has 0 bridgehead atoms. The molecule has 6 nitrogen and oxygen atoms in total. The highest BCUT2D eigenvalue weighted by Gasteiger charge is 2.37. The molecule has 2 aromatic carbocycles. The SMILES string of the molecule is COc1ccc(C(=O)Nc2cc(C(F)(F)F)cc(C(F)(F)F)c2)cc1[N+](=O)[O-]. The van der Waals surface area contributed by atoms with E-state index in [1.54, 1.807) is 0 Å². The minimum Gasteiger partial charge on any atom is -0.490 e. The molecule has 150 valence electrons. The van der Waals surface area contributed by atoms with Gasteiger partial charge in [-0.3, -0.25) is 14.9 Å². The molecule has 0 heterocycles. The molecule has 28 heavy (non-hydrogen) atoms. The quantitative estimate of drug-likeness (QED) is 0.444. The molecule has 0 fully saturated rings. The summed E-state index contributed by atoms with van der Waals surface area (Å²) in [7, 11) is 1.14. The second-order valence-electron chi connectivity index (χ2n) is 5.39. The molecule has 0 aliphatic rings. The van der Waals surface area contributed by atoms with Crippen molar-refractivity contribution in [2.24, 2.45) is 0 Å². The average Bonchev–Trinajstić information content (AvgIpc) is 2.59. The van der Waals surface area contributed by atoms with Crippen molar-refractivity contribution in [3.8, 4) is 5.75 Å². The summed E-state index contributed by atoms with van der Waals surface area (Å²) in [5.74, 6) is -1.32. The summed E-state index contributed by atoms with van der Waals surface area (Å²) >= 11 is 0. The van der Waals surface area contributed by atoms with E-state index in [4.69, 9.17) is 4.74 Å². The first kappa shape index (κ1) is 21.0. The number of nitro groups is 1. The number of halogens is 6. The molecule has 0 aliphatic heterocycles. The van der Waals surface area contributed by atoms with Crippen molar-refractivity contribution in [3.63, 3.8) is 0 Å². The van der Waals surface area contributed by atoms with Gasteiger partial charge in [0.05, 0.1) is 23.2 Å². The topological polar surface area (TPSA) is 81.5 Å². The molecular weight excluding hydrogens is 398 g/mol. The molecule has 1 N–H and O–H groups in total. The zero-order chi connectivity index (χ0) is 21.3. The fourth-order valence-electron chi connectivity index (χ4n) is 2.20. The minimum atomic E-state index is -5.08. The van der Waals surface area contributed by atoms with Crippen molar-refractivity contribution in [1.29, 1.82) is 0 Å². The number of amides is 1. The largest absolute Gasteiger partial charge is 0.490 e. The fourth-order valence-corrected chi connectivity index (χ4v) is 2.20. The lowest BCUT2D eigenvalue weighted by atomic mass is 10.1. The number of ether oxygens (including phenoxy) is 1. The van der Waals surface area contributed by atoms with Gasteiger partial charge in [-0.2, -0.15) is 26.3 Å². The lowest BCUT2D eigenvalue weighted by molar-refractivity contribution is -0.385. The first-order valence-corrected chi connectivity index (χ1v) is 7.26. The number of nitrogens with zero attached hydrogens (tertiary/aromatic N) is 1. The highest BCUT2D eigenvalue weighted by Crippen LogP contribution is 2.37. The van der Waals surface area contributed by atoms with Gasteiger partial charge in [0.1, 0.15) is 0 Å². The summed E-state index contributed by atoms with van der Waals surface area (Å²) in [6.45, 7) is 0. The van der Waals surface area contributed by atoms with Crippen LogP contribution in [-0.4, -0.2) is 17.9 Å². The van der Waals surface area contributed by atoms with Gasteiger partial charge in [0.2, 0.25) is 0 Å². The Morgan fingerprint density at radius 2 is 1.54 bits per heavy atom. The standard InChI is InChI=1S/C16H10F6N2O4/c1-28-13-3-2-8(4-12(13)24(26)27)14(25)23-11-6-9(15(17,18)19)5-10(7-11)16(20,21)22/h2-7H,1H3,(H,23,25). The average molecular weight is 408 g/mol. The van der Waals surface area contributed by atoms with Crippen LogP contribution in [0.1, 0.15) is 21.5 Å². The van der Waals surface area contributed by atoms with Crippen LogP contribution in [0.4, 0.5) is 37.7 Å². The number of benzene rings is 2. The Balaban J connectivity index is 2.43. The number of anilines is 1. The highest BCUT2D eigenvalue weighted by molar-refractivity contribution is 6.05. The van der Waals surface area contributed by atoms with Gasteiger partial charge < -0.3 is 10.1 Å². The van der Waals surface area contributed by atoms with Gasteiger partial charge in [-0.1, -0.05) is 0 Å². The van der Waals surface area contributed by atoms with Gasteiger partial charge in [0.25, 0.3) is 5.91 Å². The number of nitrogens with one attached hydrogen (secondary N) is 1. The van der Waals surface area contributed by atoms with Gasteiger partial charge >= 0.3 is 18.0 Å². The van der Waals surface area contributed by atoms with E-state index in [1.165, 1.54) is 0 Å². The van der Waals surface area contributed by atoms with E-state index >= 15 is 0 Å². The summed E-state index contributed by atoms with van der Waals surface area (Å²) in [5, 5.41) is 12.9. The summed E-state index contributed by atoms with van der Waals surface area (Å²) in [5.41, 5.74) is -4.96. The number of hydrogen-bond donors (Lipinski definition) is 1. The Morgan fingerprint density at radius 3 is 1.96 bits per heavy atom. The number of rotatable bonds is 4. The van der Waals surface area contributed by atoms with E-state index in [9.17, 15) is 41.3 Å². The molecule has 0 atom stereocenters. The summed E-state index contributed by atoms with van der Waals surface area (Å²) in [4.78, 5) is 22.3. The monoisotopic (exact) mass is 408 g/mol. The first-order valence-electron chi connectivity index (χ1n) is 7.26. The maximum atomic E-state index is 12.9. The molecule has 0 unspecified atom stereocenters. The van der Waals surface area contributed by atoms with Gasteiger partial charge in [-0.15, -0.1) is 0 Å². The Labute approximate surface area is 152 Å². The van der Waals surface area contributed by atoms with Crippen molar-refractivity contribution in [2.45, 2.75) is 12.4 Å². The minimum absolute atomic E-state index is 0.0894. The third kappa shape index (κ3) is 4.69. The van der Waals surface area contributed by atoms with Crippen LogP contribution in [0.25, 0.3) is 0 Å². The Kier molecular flexibility index (Phi) is 5.52. The molecule has 0 aromatic heterocycles. The predicted octanol–water partition coefficient (Wildman–Crippen LogP) is 4.89. The van der Waals surface area contributed by atoms with Crippen LogP contribution in [0.2, 0.25) is 0 Å². The third-order valence-electron chi connectivity index (χ3n) is 3.48. The normalized spacial score (nSPS) is 11.8. The maximum absolute atomic E-state index is 12.9. The van der Waals surface area contributed by atoms with Crippen LogP contribution in [0.5, 0.6) is 5.75 Å². The molecule has 0 radical (unpaired) electrons. The zero-order valence-electron chi connectivity index (χ0n) is 13.8. The third-order valence-corrected chi connectivity index (χ3v) is 3.48. The van der Waals surface area contributed by atoms with Crippen LogP contribution < -0.4 is 10.1 Å². The molecule has 0 saturated carbocycles. The Morgan fingerprint density at radius 1 is 1.00 bits per heavy atom. The zero-order valence-corrected chi connectivity index (χ0v) is 13.8. The predicted molar refractivity (Wildman–Crippen MR) is 84.0 cm³/mol. The first-order chi connectivity index (χ1) is 12.8. The van der Waals surface area contributed by atoms with E-state index in [0.717, 1.165) is 25.3 Å². The number of carbonyl (C=O) groups excluding carboxylic acids is 1. The lowest BCUT2D eigenvalue weighted by Gasteiger charge is -2.15. The van der Waals surface area contributed by atoms with Crippen LogP contribution in [0.15, 0.2) is 36.4 Å². The lowest BCUT2D eigenvalue weighted by Crippen LogP contribution is -2.16. The highest BCUT2D eigenvalue weighted by atomic mass is 19.4. The molecule has 0 saturated heterocycles. The fraction of sp³-hybridized carbons (Fsp3) is 0.188. The van der Waals surface area contributed by atoms with Gasteiger partial charge in [-0.05, 0) is 30.3 Å². The molecule has 12 heteroatoms. The maximum Gasteiger partial charge on any atom is 0.416 e. The van der Waals surface area contributed by atoms with Crippen LogP contribution in [-0.2, 0) is 12.4 Å². The van der Waals surface area contributed by atoms with Crippen molar-refractivity contribution >= 4 is 17.3 Å². The van der Waals surface area contributed by atoms with Gasteiger partial charge in [0, 0.05) is 17.3 Å². The molecule has 2 rings (SSSR count). The van der Waals surface area contributed by atoms with Crippen LogP contribution in [0, 0.1) is 10.1 Å². The molecule has 2 aromatic rings. The van der Waals surface area contributed by atoms with E-state index in [-0.39, 0.29) is 17.4 Å². The van der Waals surface area contributed by atoms with E-state index in [0.29, 0.717) is 12.1 Å². The smallest absolute Gasteiger partial charge is 0.416 e. The number of alkyl halides is 6. The molecule has 1 amide bonds. The number of methoxy groups -OCH3 is 1. The van der Waals surface area contributed by atoms with E-state index < -0.39 is 45.7 Å². The van der Waals surface area contributed by atoms with Gasteiger partial charge in [-0.25, -0.2) is 0 Å². The molecule has 0 aliphatic carbocycles. The van der Waals surface area contributed by atoms with E-state index in [2.05, 4.69) is 0 Å². The van der Waals surface area contributed by atoms with Crippen molar-refractivity contribution in [2.75, 3.05) is 12.4 Å². The Bertz CT molecular complexity index is 892. The summed E-state index contributed by atoms with van der Waals surface area (Å²) in [6.07, 6.45) is -10.2. The number of hydrogen-bond acceptors (Lipinski definition) is 4. The molecule has 0 spiro atoms. The van der Waals surface area contributed by atoms with Crippen LogP contribution >= 0.6 is 0 Å². The van der Waals surface area contributed by atoms with E-state index in [1.807, 2.05) is 5.32 Å². The van der Waals surface area contributed by atoms with Crippen molar-refractivity contribution < 1.29 is 40.8 Å². The summed E-state index contributed by atoms with van der Waals surface area (Å²) < 4.78 is 81.9. The van der Waals surface area contributed by atoms with Crippen molar-refractivity contribution in [1.82, 2.24) is 0 Å².